The zero-order valence-electron chi connectivity index (χ0n) is 15.6. The van der Waals surface area contributed by atoms with Gasteiger partial charge in [0.15, 0.2) is 0 Å². The Hall–Kier alpha value is -1.83. The van der Waals surface area contributed by atoms with Gasteiger partial charge in [-0.05, 0) is 44.0 Å². The van der Waals surface area contributed by atoms with Crippen LogP contribution in [0.2, 0.25) is 0 Å². The van der Waals surface area contributed by atoms with Gasteiger partial charge in [0.1, 0.15) is 4.88 Å². The van der Waals surface area contributed by atoms with E-state index in [0.29, 0.717) is 24.4 Å². The van der Waals surface area contributed by atoms with Gasteiger partial charge in [-0.3, -0.25) is 9.69 Å². The monoisotopic (exact) mass is 374 g/mol. The van der Waals surface area contributed by atoms with Gasteiger partial charge < -0.3 is 10.0 Å². The van der Waals surface area contributed by atoms with E-state index >= 15 is 0 Å². The van der Waals surface area contributed by atoms with Crippen LogP contribution in [-0.4, -0.2) is 63.7 Å². The second-order valence-corrected chi connectivity index (χ2v) is 7.75. The second kappa shape index (κ2) is 7.82. The van der Waals surface area contributed by atoms with Crippen LogP contribution in [0, 0.1) is 0 Å². The molecule has 0 saturated carbocycles. The maximum Gasteiger partial charge on any atom is 0.267 e. The largest absolute Gasteiger partial charge is 0.389 e. The molecule has 140 valence electrons. The van der Waals surface area contributed by atoms with Crippen molar-refractivity contribution in [3.05, 3.63) is 46.5 Å². The molecule has 1 fully saturated rings. The molecular formula is C19H26N4O2S. The molecule has 2 aromatic rings. The minimum atomic E-state index is -0.673. The summed E-state index contributed by atoms with van der Waals surface area (Å²) >= 11 is 1.15. The SMILES string of the molecule is CCCc1nnsc1C(=O)N1CC[C@@](c2ccccc2)(N(C)C)[C@H](O)C1. The molecule has 1 aromatic carbocycles. The van der Waals surface area contributed by atoms with Gasteiger partial charge in [0, 0.05) is 13.1 Å². The van der Waals surface area contributed by atoms with Crippen molar-refractivity contribution in [2.75, 3.05) is 27.2 Å². The van der Waals surface area contributed by atoms with E-state index in [4.69, 9.17) is 0 Å². The average Bonchev–Trinajstić information content (AvgIpc) is 3.10. The lowest BCUT2D eigenvalue weighted by atomic mass is 9.77. The van der Waals surface area contributed by atoms with E-state index in [-0.39, 0.29) is 5.91 Å². The maximum absolute atomic E-state index is 13.0. The standard InChI is InChI=1S/C19H26N4O2S/c1-4-8-15-17(26-21-20-15)18(25)23-12-11-19(22(2)3,16(24)13-23)14-9-6-5-7-10-14/h5-7,9-10,16,24H,4,8,11-13H2,1-3H3/t16-,19+/m1/s1. The molecule has 0 bridgehead atoms. The summed E-state index contributed by atoms with van der Waals surface area (Å²) in [5.74, 6) is -0.0667. The lowest BCUT2D eigenvalue weighted by Crippen LogP contribution is -2.60. The molecule has 0 radical (unpaired) electrons. The summed E-state index contributed by atoms with van der Waals surface area (Å²) in [7, 11) is 3.97. The summed E-state index contributed by atoms with van der Waals surface area (Å²) in [5, 5.41) is 15.2. The molecule has 1 aliphatic heterocycles. The molecule has 0 spiro atoms. The number of likely N-dealkylation sites (tertiary alicyclic amines) is 1. The number of aryl methyl sites for hydroxylation is 1. The molecule has 2 atom stereocenters. The number of hydrogen-bond acceptors (Lipinski definition) is 6. The molecular weight excluding hydrogens is 348 g/mol. The highest BCUT2D eigenvalue weighted by molar-refractivity contribution is 7.08. The van der Waals surface area contributed by atoms with Gasteiger partial charge in [-0.15, -0.1) is 5.10 Å². The first kappa shape index (κ1) is 18.9. The van der Waals surface area contributed by atoms with Crippen molar-refractivity contribution < 1.29 is 9.90 Å². The lowest BCUT2D eigenvalue weighted by molar-refractivity contribution is -0.0611. The fourth-order valence-corrected chi connectivity index (χ4v) is 4.54. The van der Waals surface area contributed by atoms with E-state index in [2.05, 4.69) is 21.4 Å². The Kier molecular flexibility index (Phi) is 5.70. The van der Waals surface area contributed by atoms with Crippen LogP contribution in [-0.2, 0) is 12.0 Å². The number of β-amino-alcohol motifs (C(OH)–C–C–N with tert-alkyl or cyclic N) is 1. The number of benzene rings is 1. The first-order valence-electron chi connectivity index (χ1n) is 9.02. The van der Waals surface area contributed by atoms with E-state index in [9.17, 15) is 9.90 Å². The minimum Gasteiger partial charge on any atom is -0.389 e. The Balaban J connectivity index is 1.83. The van der Waals surface area contributed by atoms with Crippen molar-refractivity contribution >= 4 is 17.4 Å². The predicted molar refractivity (Wildman–Crippen MR) is 102 cm³/mol. The fourth-order valence-electron chi connectivity index (χ4n) is 3.87. The van der Waals surface area contributed by atoms with Crippen molar-refractivity contribution in [1.82, 2.24) is 19.4 Å². The van der Waals surface area contributed by atoms with Gasteiger partial charge in [-0.25, -0.2) is 0 Å². The number of aliphatic hydroxyl groups excluding tert-OH is 1. The highest BCUT2D eigenvalue weighted by Gasteiger charge is 2.46. The average molecular weight is 375 g/mol. The first-order valence-corrected chi connectivity index (χ1v) is 9.79. The summed E-state index contributed by atoms with van der Waals surface area (Å²) in [5.41, 5.74) is 1.36. The van der Waals surface area contributed by atoms with Crippen LogP contribution in [0.4, 0.5) is 0 Å². The summed E-state index contributed by atoms with van der Waals surface area (Å²) in [6.45, 7) is 2.95. The molecule has 0 aliphatic carbocycles. The number of aromatic nitrogens is 2. The topological polar surface area (TPSA) is 69.6 Å². The third kappa shape index (κ3) is 3.26. The molecule has 1 aliphatic rings. The van der Waals surface area contributed by atoms with Crippen molar-refractivity contribution in [3.8, 4) is 0 Å². The number of likely N-dealkylation sites (N-methyl/N-ethyl adjacent to an activating group) is 1. The van der Waals surface area contributed by atoms with Gasteiger partial charge in [-0.1, -0.05) is 48.2 Å². The van der Waals surface area contributed by atoms with Crippen molar-refractivity contribution in [2.45, 2.75) is 37.8 Å². The number of amides is 1. The number of nitrogens with zero attached hydrogens (tertiary/aromatic N) is 4. The van der Waals surface area contributed by atoms with Gasteiger partial charge in [0.25, 0.3) is 5.91 Å². The number of piperidine rings is 1. The van der Waals surface area contributed by atoms with Crippen LogP contribution in [0.15, 0.2) is 30.3 Å². The molecule has 26 heavy (non-hydrogen) atoms. The van der Waals surface area contributed by atoms with Gasteiger partial charge in [0.2, 0.25) is 0 Å². The van der Waals surface area contributed by atoms with Gasteiger partial charge >= 0.3 is 0 Å². The lowest BCUT2D eigenvalue weighted by Gasteiger charge is -2.49. The zero-order chi connectivity index (χ0) is 18.7. The third-order valence-corrected chi connectivity index (χ3v) is 6.06. The van der Waals surface area contributed by atoms with Crippen LogP contribution >= 0.6 is 11.5 Å². The Bertz CT molecular complexity index is 749. The highest BCUT2D eigenvalue weighted by atomic mass is 32.1. The predicted octanol–water partition coefficient (Wildman–Crippen LogP) is 2.15. The van der Waals surface area contributed by atoms with E-state index in [1.807, 2.05) is 44.4 Å². The summed E-state index contributed by atoms with van der Waals surface area (Å²) < 4.78 is 3.95. The molecule has 3 rings (SSSR count). The summed E-state index contributed by atoms with van der Waals surface area (Å²) in [6.07, 6.45) is 1.67. The van der Waals surface area contributed by atoms with Crippen LogP contribution in [0.5, 0.6) is 0 Å². The quantitative estimate of drug-likeness (QED) is 0.868. The van der Waals surface area contributed by atoms with E-state index < -0.39 is 11.6 Å². The Morgan fingerprint density at radius 3 is 2.73 bits per heavy atom. The zero-order valence-corrected chi connectivity index (χ0v) is 16.4. The van der Waals surface area contributed by atoms with Gasteiger partial charge in [0.05, 0.1) is 17.3 Å². The molecule has 1 saturated heterocycles. The van der Waals surface area contributed by atoms with Crippen LogP contribution < -0.4 is 0 Å². The molecule has 1 aromatic heterocycles. The number of carbonyl (C=O) groups is 1. The number of rotatable bonds is 5. The first-order chi connectivity index (χ1) is 12.5. The second-order valence-electron chi connectivity index (χ2n) is 7.00. The molecule has 6 nitrogen and oxygen atoms in total. The number of hydrogen-bond donors (Lipinski definition) is 1. The van der Waals surface area contributed by atoms with Crippen molar-refractivity contribution in [2.24, 2.45) is 0 Å². The Labute approximate surface area is 158 Å². The maximum atomic E-state index is 13.0. The smallest absolute Gasteiger partial charge is 0.267 e. The summed E-state index contributed by atoms with van der Waals surface area (Å²) in [4.78, 5) is 17.4. The van der Waals surface area contributed by atoms with E-state index in [1.54, 1.807) is 4.90 Å². The third-order valence-electron chi connectivity index (χ3n) is 5.30. The normalized spacial score (nSPS) is 23.4. The molecule has 0 unspecified atom stereocenters. The van der Waals surface area contributed by atoms with Crippen LogP contribution in [0.1, 0.15) is 40.7 Å². The number of aliphatic hydroxyl groups is 1. The minimum absolute atomic E-state index is 0.0667. The number of carbonyl (C=O) groups excluding carboxylic acids is 1. The van der Waals surface area contributed by atoms with Crippen LogP contribution in [0.3, 0.4) is 0 Å². The molecule has 1 N–H and O–H groups in total. The van der Waals surface area contributed by atoms with Crippen molar-refractivity contribution in [3.63, 3.8) is 0 Å². The van der Waals surface area contributed by atoms with E-state index in [1.165, 1.54) is 0 Å². The van der Waals surface area contributed by atoms with Crippen LogP contribution in [0.25, 0.3) is 0 Å². The Morgan fingerprint density at radius 1 is 1.38 bits per heavy atom. The summed E-state index contributed by atoms with van der Waals surface area (Å²) in [6, 6.07) is 10.1. The van der Waals surface area contributed by atoms with E-state index in [0.717, 1.165) is 35.6 Å². The van der Waals surface area contributed by atoms with Crippen molar-refractivity contribution in [1.29, 1.82) is 0 Å². The fraction of sp³-hybridized carbons (Fsp3) is 0.526. The molecule has 1 amide bonds. The Morgan fingerprint density at radius 2 is 2.12 bits per heavy atom. The highest BCUT2D eigenvalue weighted by Crippen LogP contribution is 2.38. The van der Waals surface area contributed by atoms with Gasteiger partial charge in [-0.2, -0.15) is 0 Å². The molecule has 7 heteroatoms. The molecule has 2 heterocycles.